The first-order chi connectivity index (χ1) is 21.2. The Morgan fingerprint density at radius 2 is 1.75 bits per heavy atom. The Hall–Kier alpha value is -3.95. The van der Waals surface area contributed by atoms with Gasteiger partial charge in [-0.2, -0.15) is 0 Å². The zero-order valence-electron chi connectivity index (χ0n) is 25.7. The summed E-state index contributed by atoms with van der Waals surface area (Å²) in [5.74, 6) is -0.434. The van der Waals surface area contributed by atoms with Crippen molar-refractivity contribution in [2.24, 2.45) is 11.8 Å². The van der Waals surface area contributed by atoms with Gasteiger partial charge < -0.3 is 25.4 Å². The lowest BCUT2D eigenvalue weighted by atomic mass is 9.77. The number of likely N-dealkylation sites (tertiary alicyclic amines) is 1. The molecule has 10 nitrogen and oxygen atoms in total. The minimum absolute atomic E-state index is 0.0643. The summed E-state index contributed by atoms with van der Waals surface area (Å²) in [5, 5.41) is 5.81. The maximum atomic E-state index is 13.9. The van der Waals surface area contributed by atoms with Crippen LogP contribution in [-0.2, 0) is 27.2 Å². The second-order valence-electron chi connectivity index (χ2n) is 13.2. The van der Waals surface area contributed by atoms with Crippen LogP contribution in [0.1, 0.15) is 89.5 Å². The molecule has 44 heavy (non-hydrogen) atoms. The van der Waals surface area contributed by atoms with E-state index in [0.717, 1.165) is 36.1 Å². The molecule has 2 aromatic rings. The van der Waals surface area contributed by atoms with Crippen LogP contribution in [0.25, 0.3) is 0 Å². The third-order valence-electron chi connectivity index (χ3n) is 10.0. The Labute approximate surface area is 258 Å². The molecule has 3 saturated heterocycles. The van der Waals surface area contributed by atoms with Crippen LogP contribution in [0.2, 0.25) is 0 Å². The molecule has 0 spiro atoms. The highest BCUT2D eigenvalue weighted by molar-refractivity contribution is 6.04. The molecule has 3 aliphatic heterocycles. The summed E-state index contributed by atoms with van der Waals surface area (Å²) >= 11 is 0. The molecule has 1 aliphatic carbocycles. The van der Waals surface area contributed by atoms with E-state index in [1.54, 1.807) is 6.92 Å². The molecule has 2 bridgehead atoms. The van der Waals surface area contributed by atoms with Crippen LogP contribution in [0.15, 0.2) is 30.3 Å². The van der Waals surface area contributed by atoms with E-state index in [4.69, 9.17) is 0 Å². The smallest absolute Gasteiger partial charge is 0.270 e. The summed E-state index contributed by atoms with van der Waals surface area (Å²) in [6.45, 7) is 5.13. The molecule has 0 saturated carbocycles. The number of hydrogen-bond acceptors (Lipinski definition) is 5. The van der Waals surface area contributed by atoms with Crippen LogP contribution >= 0.6 is 0 Å². The van der Waals surface area contributed by atoms with Gasteiger partial charge in [-0.15, -0.1) is 0 Å². The fourth-order valence-electron chi connectivity index (χ4n) is 7.87. The summed E-state index contributed by atoms with van der Waals surface area (Å²) < 4.78 is 0. The average Bonchev–Trinajstić information content (AvgIpc) is 3.36. The summed E-state index contributed by atoms with van der Waals surface area (Å²) in [7, 11) is 0. The molecule has 1 aromatic heterocycles. The number of ketones is 1. The van der Waals surface area contributed by atoms with Crippen molar-refractivity contribution in [3.05, 3.63) is 58.4 Å². The van der Waals surface area contributed by atoms with Gasteiger partial charge in [-0.05, 0) is 81.8 Å². The maximum absolute atomic E-state index is 13.9. The van der Waals surface area contributed by atoms with Gasteiger partial charge in [-0.25, -0.2) is 0 Å². The van der Waals surface area contributed by atoms with E-state index in [1.165, 1.54) is 0 Å². The lowest BCUT2D eigenvalue weighted by Gasteiger charge is -2.51. The molecular weight excluding hydrogens is 558 g/mol. The van der Waals surface area contributed by atoms with Crippen molar-refractivity contribution in [3.8, 4) is 0 Å². The minimum Gasteiger partial charge on any atom is -0.354 e. The zero-order chi connectivity index (χ0) is 31.0. The molecule has 10 heteroatoms. The Morgan fingerprint density at radius 3 is 2.52 bits per heavy atom. The lowest BCUT2D eigenvalue weighted by Crippen LogP contribution is -2.63. The van der Waals surface area contributed by atoms with E-state index >= 15 is 0 Å². The number of aromatic amines is 1. The van der Waals surface area contributed by atoms with E-state index in [0.29, 0.717) is 63.0 Å². The largest absolute Gasteiger partial charge is 0.354 e. The van der Waals surface area contributed by atoms with E-state index in [2.05, 4.69) is 15.6 Å². The normalized spacial score (nSPS) is 27.8. The SMILES string of the molecule is Cc1c(C(=O)N2C[C@@H]3C[C@H](C2)[C@@H]2CCCC(=O)N[C@@H](CCc4ccccc4)C(=O)N[C@H](C)C(=O)N2C3)[nH]c2c1C(=O)CCC2. The first-order valence-corrected chi connectivity index (χ1v) is 16.2. The Morgan fingerprint density at radius 1 is 0.955 bits per heavy atom. The highest BCUT2D eigenvalue weighted by atomic mass is 16.2. The molecule has 0 radical (unpaired) electrons. The number of aryl methyl sites for hydroxylation is 2. The number of benzene rings is 1. The van der Waals surface area contributed by atoms with Gasteiger partial charge in [0, 0.05) is 49.8 Å². The molecular formula is C34H43N5O5. The van der Waals surface area contributed by atoms with Crippen LogP contribution < -0.4 is 10.6 Å². The molecule has 3 N–H and O–H groups in total. The van der Waals surface area contributed by atoms with Crippen LogP contribution in [0.5, 0.6) is 0 Å². The first kappa shape index (κ1) is 30.1. The van der Waals surface area contributed by atoms with Crippen molar-refractivity contribution in [2.45, 2.75) is 89.8 Å². The van der Waals surface area contributed by atoms with Gasteiger partial charge in [0.15, 0.2) is 5.78 Å². The second kappa shape index (κ2) is 12.6. The van der Waals surface area contributed by atoms with Gasteiger partial charge in [0.05, 0.1) is 0 Å². The number of nitrogens with one attached hydrogen (secondary N) is 3. The Balaban J connectivity index is 1.17. The number of hydrogen-bond donors (Lipinski definition) is 3. The number of nitrogens with zero attached hydrogens (tertiary/aromatic N) is 2. The fraction of sp³-hybridized carbons (Fsp3) is 0.559. The number of piperidine rings is 2. The number of amides is 4. The van der Waals surface area contributed by atoms with Gasteiger partial charge in [0.2, 0.25) is 17.7 Å². The maximum Gasteiger partial charge on any atom is 0.270 e. The molecule has 6 rings (SSSR count). The Bertz CT molecular complexity index is 1450. The van der Waals surface area contributed by atoms with Crippen molar-refractivity contribution in [1.29, 1.82) is 0 Å². The molecule has 0 unspecified atom stereocenters. The standard InChI is InChI=1S/C34H43N5O5/c1-20-30-25(10-6-12-28(30)40)37-31(20)34(44)38-17-23-16-24(19-38)27-11-7-13-29(41)36-26(15-14-22-8-4-3-5-9-22)32(42)35-21(2)33(43)39(27)18-23/h3-5,8-9,21,23-24,26-27,37H,6-7,10-19H2,1-2H3,(H,35,42)(H,36,41)/t21-,23+,24-,26+,27+/m1/s1. The predicted molar refractivity (Wildman–Crippen MR) is 164 cm³/mol. The number of carbonyl (C=O) groups excluding carboxylic acids is 5. The van der Waals surface area contributed by atoms with E-state index in [-0.39, 0.29) is 53.7 Å². The summed E-state index contributed by atoms with van der Waals surface area (Å²) in [6.07, 6.45) is 5.58. The van der Waals surface area contributed by atoms with E-state index in [9.17, 15) is 24.0 Å². The fourth-order valence-corrected chi connectivity index (χ4v) is 7.87. The van der Waals surface area contributed by atoms with Crippen molar-refractivity contribution >= 4 is 29.4 Å². The molecule has 4 amide bonds. The number of carbonyl (C=O) groups is 5. The highest BCUT2D eigenvalue weighted by Gasteiger charge is 2.45. The molecule has 4 heterocycles. The summed E-state index contributed by atoms with van der Waals surface area (Å²) in [6, 6.07) is 8.25. The molecule has 3 fully saturated rings. The topological polar surface area (TPSA) is 132 Å². The van der Waals surface area contributed by atoms with Crippen LogP contribution in [0.4, 0.5) is 0 Å². The van der Waals surface area contributed by atoms with Crippen molar-refractivity contribution in [2.75, 3.05) is 19.6 Å². The zero-order valence-corrected chi connectivity index (χ0v) is 25.7. The molecule has 5 atom stereocenters. The van der Waals surface area contributed by atoms with Gasteiger partial charge in [-0.3, -0.25) is 24.0 Å². The number of H-pyrrole nitrogens is 1. The van der Waals surface area contributed by atoms with Crippen molar-refractivity contribution in [1.82, 2.24) is 25.4 Å². The monoisotopic (exact) mass is 601 g/mol. The van der Waals surface area contributed by atoms with Gasteiger partial charge in [0.1, 0.15) is 17.8 Å². The van der Waals surface area contributed by atoms with Crippen LogP contribution in [0.3, 0.4) is 0 Å². The minimum atomic E-state index is -0.734. The third kappa shape index (κ3) is 6.03. The van der Waals surface area contributed by atoms with Crippen molar-refractivity contribution in [3.63, 3.8) is 0 Å². The summed E-state index contributed by atoms with van der Waals surface area (Å²) in [4.78, 5) is 73.6. The number of Topliss-reactive ketones (excluding diaryl/α,β-unsaturated/α-hetero) is 1. The van der Waals surface area contributed by atoms with E-state index < -0.39 is 12.1 Å². The quantitative estimate of drug-likeness (QED) is 0.496. The van der Waals surface area contributed by atoms with E-state index in [1.807, 2.05) is 47.1 Å². The highest BCUT2D eigenvalue weighted by Crippen LogP contribution is 2.37. The van der Waals surface area contributed by atoms with Crippen LogP contribution in [-0.4, -0.2) is 82.0 Å². The lowest BCUT2D eigenvalue weighted by molar-refractivity contribution is -0.145. The molecule has 4 aliphatic rings. The van der Waals surface area contributed by atoms with Gasteiger partial charge in [-0.1, -0.05) is 30.3 Å². The molecule has 234 valence electrons. The number of fused-ring (bicyclic) bond motifs is 5. The Kier molecular flexibility index (Phi) is 8.60. The van der Waals surface area contributed by atoms with Gasteiger partial charge >= 0.3 is 0 Å². The number of aromatic nitrogens is 1. The number of rotatable bonds is 4. The molecule has 1 aromatic carbocycles. The van der Waals surface area contributed by atoms with Crippen LogP contribution in [0, 0.1) is 18.8 Å². The summed E-state index contributed by atoms with van der Waals surface area (Å²) in [5.41, 5.74) is 3.88. The predicted octanol–water partition coefficient (Wildman–Crippen LogP) is 2.94. The second-order valence-corrected chi connectivity index (χ2v) is 13.2. The van der Waals surface area contributed by atoms with Crippen molar-refractivity contribution < 1.29 is 24.0 Å². The van der Waals surface area contributed by atoms with Gasteiger partial charge in [0.25, 0.3) is 5.91 Å². The average molecular weight is 602 g/mol. The third-order valence-corrected chi connectivity index (χ3v) is 10.0. The first-order valence-electron chi connectivity index (χ1n) is 16.2.